The van der Waals surface area contributed by atoms with Gasteiger partial charge >= 0.3 is 0 Å². The van der Waals surface area contributed by atoms with Crippen LogP contribution in [0.3, 0.4) is 0 Å². The Morgan fingerprint density at radius 3 is 2.64 bits per heavy atom. The second-order valence-corrected chi connectivity index (χ2v) is 5.32. The molecule has 0 aliphatic rings. The molecule has 74 valence electrons. The summed E-state index contributed by atoms with van der Waals surface area (Å²) in [6, 6.07) is 8.89. The molecule has 2 rings (SSSR count). The van der Waals surface area contributed by atoms with Gasteiger partial charge in [0.15, 0.2) is 0 Å². The topological polar surface area (TPSA) is 3.24 Å². The second-order valence-electron chi connectivity index (χ2n) is 3.38. The van der Waals surface area contributed by atoms with Crippen LogP contribution in [0.15, 0.2) is 29.2 Å². The number of thiophene rings is 1. The maximum Gasteiger partial charge on any atom is 0.0915 e. The van der Waals surface area contributed by atoms with Crippen molar-refractivity contribution in [2.45, 2.75) is 4.90 Å². The van der Waals surface area contributed by atoms with Crippen LogP contribution in [-0.4, -0.2) is 20.4 Å². The van der Waals surface area contributed by atoms with Crippen molar-refractivity contribution in [1.82, 2.24) is 0 Å². The molecule has 0 saturated heterocycles. The third-order valence-corrected chi connectivity index (χ3v) is 4.16. The molecule has 0 radical (unpaired) electrons. The summed E-state index contributed by atoms with van der Waals surface area (Å²) in [4.78, 5) is 3.49. The molecule has 1 heterocycles. The summed E-state index contributed by atoms with van der Waals surface area (Å²) in [6.45, 7) is 0. The standard InChI is InChI=1S/C11H13NS2/c1-12(2)11-7-8-6-9(13-3)4-5-10(8)14-11/h4-7H,1-3H3. The second kappa shape index (κ2) is 3.83. The predicted molar refractivity (Wildman–Crippen MR) is 67.9 cm³/mol. The summed E-state index contributed by atoms with van der Waals surface area (Å²) >= 11 is 3.63. The van der Waals surface area contributed by atoms with Gasteiger partial charge < -0.3 is 4.90 Å². The Balaban J connectivity index is 2.54. The Morgan fingerprint density at radius 1 is 1.21 bits per heavy atom. The van der Waals surface area contributed by atoms with E-state index in [2.05, 4.69) is 49.5 Å². The first-order valence-electron chi connectivity index (χ1n) is 4.45. The van der Waals surface area contributed by atoms with E-state index < -0.39 is 0 Å². The van der Waals surface area contributed by atoms with Crippen molar-refractivity contribution in [2.24, 2.45) is 0 Å². The summed E-state index contributed by atoms with van der Waals surface area (Å²) in [5, 5.41) is 2.67. The number of rotatable bonds is 2. The van der Waals surface area contributed by atoms with Crippen LogP contribution in [0.1, 0.15) is 0 Å². The maximum absolute atomic E-state index is 2.25. The first-order valence-corrected chi connectivity index (χ1v) is 6.50. The number of hydrogen-bond donors (Lipinski definition) is 0. The van der Waals surface area contributed by atoms with Crippen molar-refractivity contribution < 1.29 is 0 Å². The van der Waals surface area contributed by atoms with Gasteiger partial charge in [0.1, 0.15) is 0 Å². The lowest BCUT2D eigenvalue weighted by Crippen LogP contribution is -2.05. The van der Waals surface area contributed by atoms with E-state index in [0.29, 0.717) is 0 Å². The van der Waals surface area contributed by atoms with E-state index in [0.717, 1.165) is 0 Å². The maximum atomic E-state index is 2.25. The molecule has 1 aromatic carbocycles. The molecule has 0 atom stereocenters. The van der Waals surface area contributed by atoms with Gasteiger partial charge in [-0.15, -0.1) is 23.1 Å². The average Bonchev–Trinajstić information content (AvgIpc) is 2.59. The molecule has 0 fully saturated rings. The minimum Gasteiger partial charge on any atom is -0.370 e. The number of benzene rings is 1. The van der Waals surface area contributed by atoms with E-state index in [-0.39, 0.29) is 0 Å². The fraction of sp³-hybridized carbons (Fsp3) is 0.273. The quantitative estimate of drug-likeness (QED) is 0.714. The van der Waals surface area contributed by atoms with Crippen LogP contribution < -0.4 is 4.90 Å². The van der Waals surface area contributed by atoms with Gasteiger partial charge in [0.2, 0.25) is 0 Å². The normalized spacial score (nSPS) is 10.8. The lowest BCUT2D eigenvalue weighted by molar-refractivity contribution is 1.16. The van der Waals surface area contributed by atoms with Crippen molar-refractivity contribution in [1.29, 1.82) is 0 Å². The van der Waals surface area contributed by atoms with Crippen molar-refractivity contribution in [2.75, 3.05) is 25.3 Å². The Labute approximate surface area is 92.7 Å². The van der Waals surface area contributed by atoms with E-state index in [9.17, 15) is 0 Å². The largest absolute Gasteiger partial charge is 0.370 e. The molecule has 0 aliphatic heterocycles. The van der Waals surface area contributed by atoms with Gasteiger partial charge in [-0.25, -0.2) is 0 Å². The Morgan fingerprint density at radius 2 is 2.00 bits per heavy atom. The number of nitrogens with zero attached hydrogens (tertiary/aromatic N) is 1. The van der Waals surface area contributed by atoms with Crippen LogP contribution >= 0.6 is 23.1 Å². The SMILES string of the molecule is CSc1ccc2sc(N(C)C)cc2c1. The van der Waals surface area contributed by atoms with Crippen molar-refractivity contribution in [3.63, 3.8) is 0 Å². The monoisotopic (exact) mass is 223 g/mol. The minimum atomic E-state index is 1.32. The summed E-state index contributed by atoms with van der Waals surface area (Å²) in [7, 11) is 4.17. The Hall–Kier alpha value is -0.670. The van der Waals surface area contributed by atoms with E-state index in [1.807, 2.05) is 11.3 Å². The fourth-order valence-corrected chi connectivity index (χ4v) is 2.77. The van der Waals surface area contributed by atoms with Gasteiger partial charge in [-0.05, 0) is 35.9 Å². The minimum absolute atomic E-state index is 1.32. The van der Waals surface area contributed by atoms with E-state index in [1.54, 1.807) is 11.8 Å². The molecule has 1 aromatic heterocycles. The van der Waals surface area contributed by atoms with Crippen LogP contribution in [0, 0.1) is 0 Å². The van der Waals surface area contributed by atoms with Gasteiger partial charge in [0, 0.05) is 23.7 Å². The van der Waals surface area contributed by atoms with Crippen molar-refractivity contribution in [3.8, 4) is 0 Å². The summed E-state index contributed by atoms with van der Waals surface area (Å²) in [5.41, 5.74) is 0. The zero-order valence-corrected chi connectivity index (χ0v) is 10.2. The molecule has 0 amide bonds. The molecule has 0 aliphatic carbocycles. The Kier molecular flexibility index (Phi) is 2.70. The highest BCUT2D eigenvalue weighted by Gasteiger charge is 2.03. The van der Waals surface area contributed by atoms with Crippen LogP contribution in [-0.2, 0) is 0 Å². The molecular weight excluding hydrogens is 210 g/mol. The Bertz CT molecular complexity index is 445. The van der Waals surface area contributed by atoms with Gasteiger partial charge in [0.05, 0.1) is 5.00 Å². The van der Waals surface area contributed by atoms with E-state index in [4.69, 9.17) is 0 Å². The average molecular weight is 223 g/mol. The predicted octanol–water partition coefficient (Wildman–Crippen LogP) is 3.69. The third-order valence-electron chi connectivity index (χ3n) is 2.15. The molecule has 1 nitrogen and oxygen atoms in total. The zero-order chi connectivity index (χ0) is 10.1. The van der Waals surface area contributed by atoms with Crippen LogP contribution in [0.2, 0.25) is 0 Å². The summed E-state index contributed by atoms with van der Waals surface area (Å²) in [6.07, 6.45) is 2.11. The number of thioether (sulfide) groups is 1. The first kappa shape index (κ1) is 9.87. The van der Waals surface area contributed by atoms with Gasteiger partial charge in [0.25, 0.3) is 0 Å². The summed E-state index contributed by atoms with van der Waals surface area (Å²) < 4.78 is 1.37. The van der Waals surface area contributed by atoms with E-state index in [1.165, 1.54) is 20.0 Å². The van der Waals surface area contributed by atoms with Gasteiger partial charge in [-0.1, -0.05) is 0 Å². The molecule has 0 saturated carbocycles. The number of fused-ring (bicyclic) bond motifs is 1. The van der Waals surface area contributed by atoms with Gasteiger partial charge in [-0.3, -0.25) is 0 Å². The smallest absolute Gasteiger partial charge is 0.0915 e. The van der Waals surface area contributed by atoms with Crippen LogP contribution in [0.5, 0.6) is 0 Å². The highest BCUT2D eigenvalue weighted by atomic mass is 32.2. The van der Waals surface area contributed by atoms with Crippen LogP contribution in [0.25, 0.3) is 10.1 Å². The molecule has 14 heavy (non-hydrogen) atoms. The van der Waals surface area contributed by atoms with Crippen LogP contribution in [0.4, 0.5) is 5.00 Å². The molecule has 0 unspecified atom stereocenters. The molecule has 0 bridgehead atoms. The molecule has 3 heteroatoms. The van der Waals surface area contributed by atoms with Crippen molar-refractivity contribution >= 4 is 38.2 Å². The zero-order valence-electron chi connectivity index (χ0n) is 8.57. The first-order chi connectivity index (χ1) is 6.70. The van der Waals surface area contributed by atoms with E-state index >= 15 is 0 Å². The molecular formula is C11H13NS2. The molecule has 2 aromatic rings. The highest BCUT2D eigenvalue weighted by Crippen LogP contribution is 2.33. The third kappa shape index (κ3) is 1.74. The van der Waals surface area contributed by atoms with Gasteiger partial charge in [-0.2, -0.15) is 0 Å². The molecule has 0 N–H and O–H groups in total. The fourth-order valence-electron chi connectivity index (χ4n) is 1.35. The lowest BCUT2D eigenvalue weighted by atomic mass is 10.3. The highest BCUT2D eigenvalue weighted by molar-refractivity contribution is 7.98. The van der Waals surface area contributed by atoms with Crippen molar-refractivity contribution in [3.05, 3.63) is 24.3 Å². The molecule has 0 spiro atoms. The number of anilines is 1. The summed E-state index contributed by atoms with van der Waals surface area (Å²) in [5.74, 6) is 0. The lowest BCUT2D eigenvalue weighted by Gasteiger charge is -2.06. The number of hydrogen-bond acceptors (Lipinski definition) is 3.